The number of hydrogen-bond donors (Lipinski definition) is 0. The van der Waals surface area contributed by atoms with Gasteiger partial charge in [-0.3, -0.25) is 4.40 Å². The monoisotopic (exact) mass is 384 g/mol. The first kappa shape index (κ1) is 17.0. The largest absolute Gasteiger partial charge is 0.484 e. The first-order valence-electron chi connectivity index (χ1n) is 7.97. The van der Waals surface area contributed by atoms with Crippen LogP contribution in [0.15, 0.2) is 53.2 Å². The van der Waals surface area contributed by atoms with Crippen molar-refractivity contribution < 1.29 is 18.8 Å². The van der Waals surface area contributed by atoms with Crippen molar-refractivity contribution in [3.63, 3.8) is 0 Å². The number of esters is 1. The van der Waals surface area contributed by atoms with E-state index < -0.39 is 5.97 Å². The van der Waals surface area contributed by atoms with Crippen molar-refractivity contribution in [1.29, 1.82) is 0 Å². The van der Waals surface area contributed by atoms with Crippen LogP contribution in [0.2, 0.25) is 5.15 Å². The molecule has 8 nitrogen and oxygen atoms in total. The van der Waals surface area contributed by atoms with Crippen LogP contribution in [-0.4, -0.2) is 25.5 Å². The molecule has 3 heterocycles. The summed E-state index contributed by atoms with van der Waals surface area (Å²) in [4.78, 5) is 20.7. The molecule has 0 N–H and O–H groups in total. The average molecular weight is 385 g/mol. The highest BCUT2D eigenvalue weighted by atomic mass is 35.5. The smallest absolute Gasteiger partial charge is 0.364 e. The van der Waals surface area contributed by atoms with Gasteiger partial charge in [-0.15, -0.1) is 0 Å². The Morgan fingerprint density at radius 2 is 1.93 bits per heavy atom. The van der Waals surface area contributed by atoms with Gasteiger partial charge in [-0.25, -0.2) is 9.78 Å². The zero-order valence-electron chi connectivity index (χ0n) is 14.1. The molecule has 0 bridgehead atoms. The summed E-state index contributed by atoms with van der Waals surface area (Å²) >= 11 is 6.08. The lowest BCUT2D eigenvalue weighted by molar-refractivity contribution is 0.0727. The second-order valence-electron chi connectivity index (χ2n) is 5.56. The van der Waals surface area contributed by atoms with Gasteiger partial charge in [0.05, 0.1) is 0 Å². The Bertz CT molecular complexity index is 1100. The second kappa shape index (κ2) is 7.08. The summed E-state index contributed by atoms with van der Waals surface area (Å²) in [6, 6.07) is 11.9. The summed E-state index contributed by atoms with van der Waals surface area (Å²) in [5, 5.41) is 3.77. The third kappa shape index (κ3) is 3.61. The molecule has 0 saturated carbocycles. The Morgan fingerprint density at radius 3 is 2.67 bits per heavy atom. The molecule has 0 radical (unpaired) electrons. The minimum atomic E-state index is -0.603. The number of hydrogen-bond acceptors (Lipinski definition) is 7. The van der Waals surface area contributed by atoms with Crippen LogP contribution in [0, 0.1) is 6.92 Å². The van der Waals surface area contributed by atoms with Crippen LogP contribution < -0.4 is 9.47 Å². The van der Waals surface area contributed by atoms with Gasteiger partial charge in [0.15, 0.2) is 23.3 Å². The molecule has 0 aliphatic rings. The van der Waals surface area contributed by atoms with Gasteiger partial charge in [0, 0.05) is 6.20 Å². The van der Waals surface area contributed by atoms with E-state index in [0.717, 1.165) is 0 Å². The molecule has 0 atom stereocenters. The summed E-state index contributed by atoms with van der Waals surface area (Å²) in [6.07, 6.45) is 1.70. The first-order chi connectivity index (χ1) is 13.1. The average Bonchev–Trinajstić information content (AvgIpc) is 3.23. The predicted molar refractivity (Wildman–Crippen MR) is 95.0 cm³/mol. The third-order valence-electron chi connectivity index (χ3n) is 3.65. The minimum Gasteiger partial charge on any atom is -0.484 e. The number of ether oxygens (including phenoxy) is 2. The van der Waals surface area contributed by atoms with E-state index in [4.69, 9.17) is 25.6 Å². The number of nitrogens with zero attached hydrogens (tertiary/aromatic N) is 4. The quantitative estimate of drug-likeness (QED) is 0.384. The van der Waals surface area contributed by atoms with Crippen LogP contribution in [0.3, 0.4) is 0 Å². The highest BCUT2D eigenvalue weighted by Crippen LogP contribution is 2.22. The molecule has 9 heteroatoms. The molecule has 27 heavy (non-hydrogen) atoms. The summed E-state index contributed by atoms with van der Waals surface area (Å²) in [5.74, 6) is 1.24. The number of halogens is 1. The molecule has 0 unspecified atom stereocenters. The highest BCUT2D eigenvalue weighted by Gasteiger charge is 2.20. The topological polar surface area (TPSA) is 91.8 Å². The van der Waals surface area contributed by atoms with E-state index >= 15 is 0 Å². The molecule has 0 amide bonds. The molecule has 4 rings (SSSR count). The number of benzene rings is 1. The van der Waals surface area contributed by atoms with Crippen molar-refractivity contribution in [3.8, 4) is 11.5 Å². The minimum absolute atomic E-state index is 0.0843. The van der Waals surface area contributed by atoms with Gasteiger partial charge >= 0.3 is 5.97 Å². The summed E-state index contributed by atoms with van der Waals surface area (Å²) in [7, 11) is 0. The number of carbonyl (C=O) groups is 1. The number of fused-ring (bicyclic) bond motifs is 1. The van der Waals surface area contributed by atoms with Crippen LogP contribution in [0.25, 0.3) is 5.65 Å². The number of rotatable bonds is 5. The number of pyridine rings is 1. The predicted octanol–water partition coefficient (Wildman–Crippen LogP) is 3.48. The second-order valence-corrected chi connectivity index (χ2v) is 5.92. The molecule has 136 valence electrons. The van der Waals surface area contributed by atoms with E-state index in [1.807, 2.05) is 6.07 Å². The van der Waals surface area contributed by atoms with E-state index in [-0.39, 0.29) is 17.5 Å². The van der Waals surface area contributed by atoms with E-state index in [9.17, 15) is 4.79 Å². The van der Waals surface area contributed by atoms with Gasteiger partial charge in [-0.2, -0.15) is 4.98 Å². The van der Waals surface area contributed by atoms with Gasteiger partial charge in [0.1, 0.15) is 17.1 Å². The molecule has 0 saturated heterocycles. The maximum Gasteiger partial charge on any atom is 0.364 e. The number of aromatic nitrogens is 4. The van der Waals surface area contributed by atoms with Crippen LogP contribution in [0.1, 0.15) is 22.2 Å². The van der Waals surface area contributed by atoms with Crippen molar-refractivity contribution in [2.75, 3.05) is 0 Å². The lowest BCUT2D eigenvalue weighted by Gasteiger charge is -2.06. The zero-order chi connectivity index (χ0) is 18.8. The number of aryl methyl sites for hydroxylation is 1. The Balaban J connectivity index is 1.44. The SMILES string of the molecule is Cc1noc(COc2ccc(OC(=O)c3c(Cl)nc4ccccn34)cc2)n1. The normalized spacial score (nSPS) is 10.9. The molecular weight excluding hydrogens is 372 g/mol. The molecular formula is C18H13ClN4O4. The number of imidazole rings is 1. The van der Waals surface area contributed by atoms with Crippen molar-refractivity contribution in [1.82, 2.24) is 19.5 Å². The van der Waals surface area contributed by atoms with E-state index in [0.29, 0.717) is 28.9 Å². The van der Waals surface area contributed by atoms with E-state index in [1.54, 1.807) is 53.9 Å². The summed E-state index contributed by atoms with van der Waals surface area (Å²) in [6.45, 7) is 1.88. The maximum atomic E-state index is 12.5. The van der Waals surface area contributed by atoms with Gasteiger partial charge < -0.3 is 14.0 Å². The standard InChI is InChI=1S/C18H13ClN4O4/c1-11-20-15(27-22-11)10-25-12-5-7-13(8-6-12)26-18(24)16-17(19)21-14-4-2-3-9-23(14)16/h2-9H,10H2,1H3. The third-order valence-corrected chi connectivity index (χ3v) is 3.91. The van der Waals surface area contributed by atoms with Crippen LogP contribution in [0.4, 0.5) is 0 Å². The summed E-state index contributed by atoms with van der Waals surface area (Å²) in [5.41, 5.74) is 0.730. The highest BCUT2D eigenvalue weighted by molar-refractivity contribution is 6.32. The van der Waals surface area contributed by atoms with Gasteiger partial charge in [-0.1, -0.05) is 22.8 Å². The Labute approximate surface area is 158 Å². The molecule has 3 aromatic heterocycles. The van der Waals surface area contributed by atoms with Crippen LogP contribution in [-0.2, 0) is 6.61 Å². The Hall–Kier alpha value is -3.39. The van der Waals surface area contributed by atoms with E-state index in [2.05, 4.69) is 15.1 Å². The van der Waals surface area contributed by atoms with Crippen molar-refractivity contribution in [2.45, 2.75) is 13.5 Å². The number of carbonyl (C=O) groups excluding carboxylic acids is 1. The molecule has 1 aromatic carbocycles. The fraction of sp³-hybridized carbons (Fsp3) is 0.111. The van der Waals surface area contributed by atoms with Crippen molar-refractivity contribution in [2.24, 2.45) is 0 Å². The lowest BCUT2D eigenvalue weighted by atomic mass is 10.3. The first-order valence-corrected chi connectivity index (χ1v) is 8.35. The van der Waals surface area contributed by atoms with Crippen LogP contribution >= 0.6 is 11.6 Å². The molecule has 0 aliphatic carbocycles. The summed E-state index contributed by atoms with van der Waals surface area (Å²) < 4.78 is 17.5. The lowest BCUT2D eigenvalue weighted by Crippen LogP contribution is -2.11. The van der Waals surface area contributed by atoms with E-state index in [1.165, 1.54) is 0 Å². The zero-order valence-corrected chi connectivity index (χ0v) is 14.9. The van der Waals surface area contributed by atoms with Gasteiger partial charge in [0.25, 0.3) is 5.89 Å². The fourth-order valence-corrected chi connectivity index (χ4v) is 2.71. The van der Waals surface area contributed by atoms with Gasteiger partial charge in [-0.05, 0) is 43.3 Å². The van der Waals surface area contributed by atoms with Crippen molar-refractivity contribution in [3.05, 3.63) is 71.2 Å². The molecule has 4 aromatic rings. The van der Waals surface area contributed by atoms with Crippen LogP contribution in [0.5, 0.6) is 11.5 Å². The Kier molecular flexibility index (Phi) is 4.47. The fourth-order valence-electron chi connectivity index (χ4n) is 2.45. The molecule has 0 aliphatic heterocycles. The molecule has 0 fully saturated rings. The molecule has 0 spiro atoms. The van der Waals surface area contributed by atoms with Crippen molar-refractivity contribution >= 4 is 23.2 Å². The van der Waals surface area contributed by atoms with Gasteiger partial charge in [0.2, 0.25) is 0 Å². The Morgan fingerprint density at radius 1 is 1.15 bits per heavy atom. The maximum absolute atomic E-state index is 12.5.